The number of carbonyl (C=O) groups is 1. The Morgan fingerprint density at radius 3 is 2.80 bits per heavy atom. The Hall–Kier alpha value is -2.80. The fourth-order valence-electron chi connectivity index (χ4n) is 2.17. The molecule has 0 radical (unpaired) electrons. The topological polar surface area (TPSA) is 76.4 Å². The highest BCUT2D eigenvalue weighted by Gasteiger charge is 2.12. The fourth-order valence-corrected chi connectivity index (χ4v) is 3.14. The maximum absolute atomic E-state index is 11.9. The number of ether oxygens (including phenoxy) is 1. The van der Waals surface area contributed by atoms with Crippen molar-refractivity contribution in [2.45, 2.75) is 13.5 Å². The minimum absolute atomic E-state index is 0.232. The van der Waals surface area contributed by atoms with Gasteiger partial charge in [0.25, 0.3) is 0 Å². The van der Waals surface area contributed by atoms with Crippen molar-refractivity contribution in [3.8, 4) is 16.5 Å². The van der Waals surface area contributed by atoms with Gasteiger partial charge in [0.1, 0.15) is 12.4 Å². The van der Waals surface area contributed by atoms with E-state index in [0.29, 0.717) is 19.7 Å². The highest BCUT2D eigenvalue weighted by molar-refractivity contribution is 7.15. The number of aryl methyl sites for hydroxylation is 1. The summed E-state index contributed by atoms with van der Waals surface area (Å²) in [4.78, 5) is 17.3. The number of para-hydroxylation sites is 1. The van der Waals surface area contributed by atoms with Crippen molar-refractivity contribution in [3.05, 3.63) is 59.3 Å². The molecule has 7 heteroatoms. The number of nitrogens with zero attached hydrogens (tertiary/aromatic N) is 1. The number of amides is 2. The van der Waals surface area contributed by atoms with Gasteiger partial charge < -0.3 is 19.8 Å². The molecule has 6 nitrogen and oxygen atoms in total. The second kappa shape index (κ2) is 8.34. The van der Waals surface area contributed by atoms with E-state index in [0.717, 1.165) is 27.1 Å². The first kappa shape index (κ1) is 17.0. The third-order valence-corrected chi connectivity index (χ3v) is 4.61. The molecule has 2 amide bonds. The number of hydrogen-bond acceptors (Lipinski definition) is 5. The summed E-state index contributed by atoms with van der Waals surface area (Å²) in [5, 5.41) is 6.41. The van der Waals surface area contributed by atoms with Crippen LogP contribution in [-0.4, -0.2) is 24.2 Å². The lowest BCUT2D eigenvalue weighted by Crippen LogP contribution is -2.37. The van der Waals surface area contributed by atoms with Gasteiger partial charge in [0.05, 0.1) is 25.0 Å². The molecule has 0 atom stereocenters. The predicted molar refractivity (Wildman–Crippen MR) is 96.7 cm³/mol. The molecule has 0 unspecified atom stereocenters. The first-order valence-corrected chi connectivity index (χ1v) is 8.74. The van der Waals surface area contributed by atoms with Crippen LogP contribution in [-0.2, 0) is 6.54 Å². The Labute approximate surface area is 149 Å². The van der Waals surface area contributed by atoms with Gasteiger partial charge in [0, 0.05) is 4.88 Å². The van der Waals surface area contributed by atoms with Crippen LogP contribution in [0.1, 0.15) is 10.6 Å². The van der Waals surface area contributed by atoms with Crippen molar-refractivity contribution in [2.24, 2.45) is 0 Å². The Balaban J connectivity index is 1.40. The fraction of sp³-hybridized carbons (Fsp3) is 0.222. The van der Waals surface area contributed by atoms with E-state index in [2.05, 4.69) is 15.6 Å². The van der Waals surface area contributed by atoms with Crippen molar-refractivity contribution in [3.63, 3.8) is 0 Å². The molecule has 130 valence electrons. The Bertz CT molecular complexity index is 800. The molecule has 0 aliphatic carbocycles. The normalized spacial score (nSPS) is 10.4. The van der Waals surface area contributed by atoms with E-state index in [1.807, 2.05) is 49.4 Å². The standard InChI is InChI=1S/C18H19N3O3S/c1-13-16(25-17(21-13)15-8-5-10-24-15)12-20-18(22)19-9-11-23-14-6-3-2-4-7-14/h2-8,10H,9,11-12H2,1H3,(H2,19,20,22). The number of carbonyl (C=O) groups excluding carboxylic acids is 1. The van der Waals surface area contributed by atoms with Gasteiger partial charge in [-0.2, -0.15) is 0 Å². The van der Waals surface area contributed by atoms with Gasteiger partial charge in [-0.15, -0.1) is 11.3 Å². The highest BCUT2D eigenvalue weighted by atomic mass is 32.1. The van der Waals surface area contributed by atoms with E-state index < -0.39 is 0 Å². The number of furan rings is 1. The largest absolute Gasteiger partial charge is 0.492 e. The summed E-state index contributed by atoms with van der Waals surface area (Å²) in [5.41, 5.74) is 0.893. The van der Waals surface area contributed by atoms with Crippen molar-refractivity contribution >= 4 is 17.4 Å². The Kier molecular flexibility index (Phi) is 5.69. The van der Waals surface area contributed by atoms with Crippen LogP contribution in [0.5, 0.6) is 5.75 Å². The lowest BCUT2D eigenvalue weighted by atomic mass is 10.3. The monoisotopic (exact) mass is 357 g/mol. The predicted octanol–water partition coefficient (Wildman–Crippen LogP) is 3.59. The molecule has 0 saturated carbocycles. The summed E-state index contributed by atoms with van der Waals surface area (Å²) in [6.07, 6.45) is 1.62. The van der Waals surface area contributed by atoms with Crippen LogP contribution in [0.3, 0.4) is 0 Å². The maximum Gasteiger partial charge on any atom is 0.315 e. The number of aromatic nitrogens is 1. The highest BCUT2D eigenvalue weighted by Crippen LogP contribution is 2.27. The Morgan fingerprint density at radius 1 is 1.20 bits per heavy atom. The summed E-state index contributed by atoms with van der Waals surface area (Å²) in [7, 11) is 0. The molecule has 0 aliphatic heterocycles. The zero-order chi connectivity index (χ0) is 17.5. The van der Waals surface area contributed by atoms with E-state index in [4.69, 9.17) is 9.15 Å². The van der Waals surface area contributed by atoms with E-state index >= 15 is 0 Å². The molecule has 2 aromatic heterocycles. The molecular formula is C18H19N3O3S. The average molecular weight is 357 g/mol. The molecule has 0 aliphatic rings. The summed E-state index contributed by atoms with van der Waals surface area (Å²) in [6.45, 7) is 3.20. The van der Waals surface area contributed by atoms with Crippen LogP contribution in [0.15, 0.2) is 53.1 Å². The van der Waals surface area contributed by atoms with Crippen LogP contribution in [0.25, 0.3) is 10.8 Å². The molecule has 2 heterocycles. The number of benzene rings is 1. The Morgan fingerprint density at radius 2 is 2.04 bits per heavy atom. The molecule has 1 aromatic carbocycles. The summed E-state index contributed by atoms with van der Waals surface area (Å²) >= 11 is 1.51. The van der Waals surface area contributed by atoms with Crippen LogP contribution >= 0.6 is 11.3 Å². The SMILES string of the molecule is Cc1nc(-c2ccco2)sc1CNC(=O)NCCOc1ccccc1. The first-order chi connectivity index (χ1) is 12.2. The maximum atomic E-state index is 11.9. The second-order valence-electron chi connectivity index (χ2n) is 5.28. The number of thiazole rings is 1. The lowest BCUT2D eigenvalue weighted by Gasteiger charge is -2.08. The third-order valence-electron chi connectivity index (χ3n) is 3.43. The quantitative estimate of drug-likeness (QED) is 0.634. The molecule has 3 aromatic rings. The third kappa shape index (κ3) is 4.84. The zero-order valence-electron chi connectivity index (χ0n) is 13.8. The van der Waals surface area contributed by atoms with Gasteiger partial charge in [-0.25, -0.2) is 9.78 Å². The van der Waals surface area contributed by atoms with Gasteiger partial charge >= 0.3 is 6.03 Å². The number of urea groups is 1. The molecular weight excluding hydrogens is 338 g/mol. The van der Waals surface area contributed by atoms with Crippen LogP contribution in [0.4, 0.5) is 4.79 Å². The second-order valence-corrected chi connectivity index (χ2v) is 6.36. The van der Waals surface area contributed by atoms with E-state index in [9.17, 15) is 4.79 Å². The summed E-state index contributed by atoms with van der Waals surface area (Å²) in [5.74, 6) is 1.53. The van der Waals surface area contributed by atoms with Gasteiger partial charge in [0.15, 0.2) is 10.8 Å². The van der Waals surface area contributed by atoms with E-state index in [-0.39, 0.29) is 6.03 Å². The molecule has 0 spiro atoms. The molecule has 0 fully saturated rings. The van der Waals surface area contributed by atoms with Crippen molar-refractivity contribution in [2.75, 3.05) is 13.2 Å². The van der Waals surface area contributed by atoms with Gasteiger partial charge in [-0.05, 0) is 31.2 Å². The molecule has 25 heavy (non-hydrogen) atoms. The first-order valence-electron chi connectivity index (χ1n) is 7.92. The number of rotatable bonds is 7. The smallest absolute Gasteiger partial charge is 0.315 e. The number of hydrogen-bond donors (Lipinski definition) is 2. The summed E-state index contributed by atoms with van der Waals surface area (Å²) < 4.78 is 10.9. The van der Waals surface area contributed by atoms with E-state index in [1.165, 1.54) is 11.3 Å². The van der Waals surface area contributed by atoms with E-state index in [1.54, 1.807) is 6.26 Å². The lowest BCUT2D eigenvalue weighted by molar-refractivity contribution is 0.236. The minimum atomic E-state index is -0.232. The number of nitrogens with one attached hydrogen (secondary N) is 2. The van der Waals surface area contributed by atoms with Crippen LogP contribution in [0.2, 0.25) is 0 Å². The molecule has 3 rings (SSSR count). The van der Waals surface area contributed by atoms with Crippen LogP contribution < -0.4 is 15.4 Å². The minimum Gasteiger partial charge on any atom is -0.492 e. The molecule has 0 bridgehead atoms. The van der Waals surface area contributed by atoms with Crippen molar-refractivity contribution < 1.29 is 13.9 Å². The molecule has 2 N–H and O–H groups in total. The summed E-state index contributed by atoms with van der Waals surface area (Å²) in [6, 6.07) is 13.0. The van der Waals surface area contributed by atoms with Gasteiger partial charge in [0.2, 0.25) is 0 Å². The molecule has 0 saturated heterocycles. The van der Waals surface area contributed by atoms with Gasteiger partial charge in [-0.1, -0.05) is 18.2 Å². The van der Waals surface area contributed by atoms with Gasteiger partial charge in [-0.3, -0.25) is 0 Å². The van der Waals surface area contributed by atoms with Crippen LogP contribution in [0, 0.1) is 6.92 Å². The van der Waals surface area contributed by atoms with Crippen molar-refractivity contribution in [1.82, 2.24) is 15.6 Å². The zero-order valence-corrected chi connectivity index (χ0v) is 14.6. The van der Waals surface area contributed by atoms with Crippen molar-refractivity contribution in [1.29, 1.82) is 0 Å². The average Bonchev–Trinajstić information content (AvgIpc) is 3.27.